The molecule has 6 nitrogen and oxygen atoms in total. The normalized spacial score (nSPS) is 18.5. The highest BCUT2D eigenvalue weighted by Gasteiger charge is 2.31. The van der Waals surface area contributed by atoms with E-state index >= 15 is 0 Å². The Labute approximate surface area is 180 Å². The van der Waals surface area contributed by atoms with Crippen LogP contribution in [0.15, 0.2) is 34.9 Å². The summed E-state index contributed by atoms with van der Waals surface area (Å²) >= 11 is 0. The van der Waals surface area contributed by atoms with Crippen molar-refractivity contribution in [2.24, 2.45) is 0 Å². The lowest BCUT2D eigenvalue weighted by atomic mass is 9.93. The van der Waals surface area contributed by atoms with Gasteiger partial charge in [0.15, 0.2) is 5.76 Å². The minimum absolute atomic E-state index is 0.0796. The Hall–Kier alpha value is -2.93. The van der Waals surface area contributed by atoms with E-state index in [1.165, 1.54) is 6.07 Å². The molecule has 1 aliphatic carbocycles. The van der Waals surface area contributed by atoms with E-state index in [1.54, 1.807) is 12.1 Å². The Bertz CT molecular complexity index is 1130. The van der Waals surface area contributed by atoms with Crippen LogP contribution in [0.3, 0.4) is 0 Å². The highest BCUT2D eigenvalue weighted by atomic mass is 19.1. The van der Waals surface area contributed by atoms with Gasteiger partial charge in [-0.2, -0.15) is 5.10 Å². The van der Waals surface area contributed by atoms with Crippen LogP contribution in [-0.4, -0.2) is 34.9 Å². The highest BCUT2D eigenvalue weighted by molar-refractivity contribution is 5.95. The number of carbonyl (C=O) groups is 1. The molecule has 3 heterocycles. The van der Waals surface area contributed by atoms with Crippen LogP contribution < -0.4 is 5.32 Å². The fourth-order valence-corrected chi connectivity index (χ4v) is 4.59. The average Bonchev–Trinajstić information content (AvgIpc) is 3.50. The third-order valence-corrected chi connectivity index (χ3v) is 6.36. The van der Waals surface area contributed by atoms with Gasteiger partial charge in [-0.15, -0.1) is 0 Å². The fourth-order valence-electron chi connectivity index (χ4n) is 4.59. The van der Waals surface area contributed by atoms with Crippen molar-refractivity contribution in [3.05, 3.63) is 64.5 Å². The summed E-state index contributed by atoms with van der Waals surface area (Å²) in [4.78, 5) is 12.8. The molecule has 0 spiro atoms. The van der Waals surface area contributed by atoms with Crippen molar-refractivity contribution in [1.29, 1.82) is 0 Å². The summed E-state index contributed by atoms with van der Waals surface area (Å²) in [6, 6.07) is 6.53. The number of carbonyl (C=O) groups excluding carboxylic acids is 1. The second kappa shape index (κ2) is 7.96. The minimum Gasteiger partial charge on any atom is -0.455 e. The van der Waals surface area contributed by atoms with Gasteiger partial charge in [-0.25, -0.2) is 4.39 Å². The number of aromatic nitrogens is 2. The zero-order chi connectivity index (χ0) is 21.5. The first-order valence-corrected chi connectivity index (χ1v) is 10.9. The quantitative estimate of drug-likeness (QED) is 0.668. The number of hydrogen-bond donors (Lipinski definition) is 1. The standard InChI is InChI=1S/C24H26FN3O3/c1-14-21-20(31-23(14)24(29)26-12-17-6-5-11-30-17)10-9-16-13-28(27-22(16)21)15(2)18-7-3-4-8-19(18)25/h3-4,7-8,13,15,17H,5-6,9-12H2,1-2H3,(H,26,29)/t15?,17-/m0/s1. The number of benzene rings is 1. The van der Waals surface area contributed by atoms with Gasteiger partial charge in [0.1, 0.15) is 11.6 Å². The van der Waals surface area contributed by atoms with Gasteiger partial charge in [-0.05, 0) is 44.7 Å². The van der Waals surface area contributed by atoms with Gasteiger partial charge in [-0.1, -0.05) is 18.2 Å². The van der Waals surface area contributed by atoms with Crippen molar-refractivity contribution < 1.29 is 18.3 Å². The number of amides is 1. The first kappa shape index (κ1) is 20.0. The first-order valence-electron chi connectivity index (χ1n) is 10.9. The van der Waals surface area contributed by atoms with Crippen molar-refractivity contribution in [2.45, 2.75) is 51.7 Å². The number of rotatable bonds is 5. The predicted molar refractivity (Wildman–Crippen MR) is 114 cm³/mol. The summed E-state index contributed by atoms with van der Waals surface area (Å²) in [6.07, 6.45) is 5.55. The number of nitrogens with zero attached hydrogens (tertiary/aromatic N) is 2. The first-order chi connectivity index (χ1) is 15.0. The Kier molecular flexibility index (Phi) is 5.14. The number of furan rings is 1. The molecule has 0 radical (unpaired) electrons. The van der Waals surface area contributed by atoms with Crippen molar-refractivity contribution in [1.82, 2.24) is 15.1 Å². The van der Waals surface area contributed by atoms with Gasteiger partial charge in [0.05, 0.1) is 17.8 Å². The number of aryl methyl sites for hydroxylation is 2. The fraction of sp³-hybridized carbons (Fsp3) is 0.417. The molecule has 1 fully saturated rings. The topological polar surface area (TPSA) is 69.3 Å². The summed E-state index contributed by atoms with van der Waals surface area (Å²) in [5.41, 5.74) is 4.20. The largest absolute Gasteiger partial charge is 0.455 e. The number of fused-ring (bicyclic) bond motifs is 3. The molecule has 1 N–H and O–H groups in total. The Morgan fingerprint density at radius 2 is 2.19 bits per heavy atom. The lowest BCUT2D eigenvalue weighted by Crippen LogP contribution is -2.31. The molecule has 1 aromatic carbocycles. The maximum absolute atomic E-state index is 14.3. The van der Waals surface area contributed by atoms with E-state index in [4.69, 9.17) is 14.3 Å². The van der Waals surface area contributed by atoms with Crippen molar-refractivity contribution in [2.75, 3.05) is 13.2 Å². The predicted octanol–water partition coefficient (Wildman–Crippen LogP) is 4.21. The lowest BCUT2D eigenvalue weighted by Gasteiger charge is -2.13. The van der Waals surface area contributed by atoms with Crippen LogP contribution in [0, 0.1) is 12.7 Å². The van der Waals surface area contributed by atoms with E-state index in [0.29, 0.717) is 24.3 Å². The Morgan fingerprint density at radius 1 is 1.35 bits per heavy atom. The molecular weight excluding hydrogens is 397 g/mol. The molecular formula is C24H26FN3O3. The maximum Gasteiger partial charge on any atom is 0.287 e. The maximum atomic E-state index is 14.3. The van der Waals surface area contributed by atoms with Crippen LogP contribution in [-0.2, 0) is 17.6 Å². The van der Waals surface area contributed by atoms with E-state index in [9.17, 15) is 9.18 Å². The molecule has 5 rings (SSSR count). The van der Waals surface area contributed by atoms with Gasteiger partial charge in [0.25, 0.3) is 5.91 Å². The molecule has 3 aromatic rings. The Morgan fingerprint density at radius 3 is 2.97 bits per heavy atom. The zero-order valence-corrected chi connectivity index (χ0v) is 17.8. The highest BCUT2D eigenvalue weighted by Crippen LogP contribution is 2.39. The van der Waals surface area contributed by atoms with Gasteiger partial charge >= 0.3 is 0 Å². The molecule has 1 saturated heterocycles. The Balaban J connectivity index is 1.42. The molecule has 0 bridgehead atoms. The molecule has 31 heavy (non-hydrogen) atoms. The smallest absolute Gasteiger partial charge is 0.287 e. The van der Waals surface area contributed by atoms with Crippen LogP contribution in [0.1, 0.15) is 58.8 Å². The number of halogens is 1. The van der Waals surface area contributed by atoms with E-state index in [1.807, 2.05) is 30.8 Å². The summed E-state index contributed by atoms with van der Waals surface area (Å²) in [6.45, 7) is 5.08. The third-order valence-electron chi connectivity index (χ3n) is 6.36. The molecule has 1 unspecified atom stereocenters. The van der Waals surface area contributed by atoms with E-state index in [2.05, 4.69) is 5.32 Å². The van der Waals surface area contributed by atoms with Crippen molar-refractivity contribution in [3.63, 3.8) is 0 Å². The van der Waals surface area contributed by atoms with Crippen LogP contribution in [0.2, 0.25) is 0 Å². The van der Waals surface area contributed by atoms with Crippen LogP contribution >= 0.6 is 0 Å². The van der Waals surface area contributed by atoms with Crippen molar-refractivity contribution >= 4 is 5.91 Å². The van der Waals surface area contributed by atoms with E-state index in [-0.39, 0.29) is 23.9 Å². The molecule has 162 valence electrons. The van der Waals surface area contributed by atoms with Crippen LogP contribution in [0.5, 0.6) is 0 Å². The number of ether oxygens (including phenoxy) is 1. The second-order valence-corrected chi connectivity index (χ2v) is 8.38. The number of hydrogen-bond acceptors (Lipinski definition) is 4. The molecule has 2 aromatic heterocycles. The molecule has 1 aliphatic heterocycles. The summed E-state index contributed by atoms with van der Waals surface area (Å²) < 4.78 is 27.7. The summed E-state index contributed by atoms with van der Waals surface area (Å²) in [5.74, 6) is 0.667. The summed E-state index contributed by atoms with van der Waals surface area (Å²) in [5, 5.41) is 7.73. The van der Waals surface area contributed by atoms with Gasteiger partial charge < -0.3 is 14.5 Å². The third kappa shape index (κ3) is 3.57. The molecule has 1 amide bonds. The zero-order valence-electron chi connectivity index (χ0n) is 17.8. The lowest BCUT2D eigenvalue weighted by molar-refractivity contribution is 0.0833. The van der Waals surface area contributed by atoms with Gasteiger partial charge in [0.2, 0.25) is 0 Å². The van der Waals surface area contributed by atoms with Crippen LogP contribution in [0.25, 0.3) is 11.3 Å². The van der Waals surface area contributed by atoms with Gasteiger partial charge in [0, 0.05) is 42.5 Å². The van der Waals surface area contributed by atoms with E-state index in [0.717, 1.165) is 54.0 Å². The van der Waals surface area contributed by atoms with Gasteiger partial charge in [-0.3, -0.25) is 9.48 Å². The van der Waals surface area contributed by atoms with E-state index < -0.39 is 0 Å². The van der Waals surface area contributed by atoms with Crippen LogP contribution in [0.4, 0.5) is 4.39 Å². The number of nitrogens with one attached hydrogen (secondary N) is 1. The monoisotopic (exact) mass is 423 g/mol. The SMILES string of the molecule is Cc1c(C(=O)NC[C@@H]2CCCO2)oc2c1-c1nn(C(C)c3ccccc3F)cc1CC2. The minimum atomic E-state index is -0.242. The molecule has 2 aliphatic rings. The molecule has 0 saturated carbocycles. The second-order valence-electron chi connectivity index (χ2n) is 8.38. The average molecular weight is 423 g/mol. The summed E-state index contributed by atoms with van der Waals surface area (Å²) in [7, 11) is 0. The van der Waals surface area contributed by atoms with Crippen molar-refractivity contribution in [3.8, 4) is 11.3 Å². The molecule has 7 heteroatoms. The molecule has 2 atom stereocenters.